The molecule has 1 saturated heterocycles. The Balaban J connectivity index is 2.23. The predicted molar refractivity (Wildman–Crippen MR) is 70.6 cm³/mol. The molecule has 1 heterocycles. The molecule has 1 aliphatic heterocycles. The molecule has 0 bridgehead atoms. The van der Waals surface area contributed by atoms with Crippen molar-refractivity contribution in [2.24, 2.45) is 0 Å². The summed E-state index contributed by atoms with van der Waals surface area (Å²) in [5, 5.41) is 12.3. The van der Waals surface area contributed by atoms with Gasteiger partial charge in [0.05, 0.1) is 6.10 Å². The van der Waals surface area contributed by atoms with Gasteiger partial charge >= 0.3 is 0 Å². The van der Waals surface area contributed by atoms with E-state index in [1.54, 1.807) is 0 Å². The average molecular weight is 263 g/mol. The van der Waals surface area contributed by atoms with Gasteiger partial charge in [0.25, 0.3) is 0 Å². The molecule has 4 nitrogen and oxygen atoms in total. The molecule has 102 valence electrons. The number of hydrogen-bond acceptors (Lipinski definition) is 4. The Morgan fingerprint density at radius 2 is 2.41 bits per heavy atom. The average Bonchev–Trinajstić information content (AvgIpc) is 2.78. The number of rotatable bonds is 9. The van der Waals surface area contributed by atoms with E-state index >= 15 is 0 Å². The van der Waals surface area contributed by atoms with Gasteiger partial charge in [-0.3, -0.25) is 4.21 Å². The van der Waals surface area contributed by atoms with Gasteiger partial charge in [-0.25, -0.2) is 0 Å². The zero-order valence-corrected chi connectivity index (χ0v) is 11.5. The third kappa shape index (κ3) is 6.50. The van der Waals surface area contributed by atoms with E-state index in [9.17, 15) is 4.21 Å². The molecule has 2 N–H and O–H groups in total. The van der Waals surface area contributed by atoms with Crippen molar-refractivity contribution in [3.63, 3.8) is 0 Å². The first-order valence-corrected chi connectivity index (χ1v) is 8.05. The largest absolute Gasteiger partial charge is 0.396 e. The molecule has 1 fully saturated rings. The molecule has 0 radical (unpaired) electrons. The second-order valence-corrected chi connectivity index (χ2v) is 6.12. The van der Waals surface area contributed by atoms with Crippen LogP contribution in [-0.4, -0.2) is 52.7 Å². The van der Waals surface area contributed by atoms with E-state index in [-0.39, 0.29) is 18.8 Å². The Kier molecular flexibility index (Phi) is 8.01. The first kappa shape index (κ1) is 15.1. The Hall–Kier alpha value is 0.0300. The van der Waals surface area contributed by atoms with Crippen LogP contribution in [0.3, 0.4) is 0 Å². The number of hydrogen-bond donors (Lipinski definition) is 2. The van der Waals surface area contributed by atoms with Crippen molar-refractivity contribution >= 4 is 10.8 Å². The summed E-state index contributed by atoms with van der Waals surface area (Å²) in [6.07, 6.45) is 4.06. The maximum atomic E-state index is 12.0. The topological polar surface area (TPSA) is 58.6 Å². The van der Waals surface area contributed by atoms with Crippen molar-refractivity contribution < 1.29 is 14.1 Å². The summed E-state index contributed by atoms with van der Waals surface area (Å²) in [5.41, 5.74) is 0. The van der Waals surface area contributed by atoms with Crippen molar-refractivity contribution in [2.45, 2.75) is 44.8 Å². The molecule has 17 heavy (non-hydrogen) atoms. The van der Waals surface area contributed by atoms with Crippen LogP contribution < -0.4 is 5.32 Å². The Bertz CT molecular complexity index is 220. The highest BCUT2D eigenvalue weighted by molar-refractivity contribution is 7.85. The van der Waals surface area contributed by atoms with Crippen LogP contribution in [0.1, 0.15) is 32.6 Å². The van der Waals surface area contributed by atoms with Gasteiger partial charge in [-0.05, 0) is 32.2 Å². The highest BCUT2D eigenvalue weighted by atomic mass is 32.2. The van der Waals surface area contributed by atoms with Gasteiger partial charge in [-0.2, -0.15) is 0 Å². The maximum absolute atomic E-state index is 12.0. The highest BCUT2D eigenvalue weighted by Crippen LogP contribution is 2.13. The third-order valence-corrected chi connectivity index (χ3v) is 4.46. The Labute approximate surface area is 107 Å². The van der Waals surface area contributed by atoms with E-state index in [0.29, 0.717) is 17.9 Å². The van der Waals surface area contributed by atoms with Crippen LogP contribution in [0.15, 0.2) is 0 Å². The van der Waals surface area contributed by atoms with Crippen molar-refractivity contribution in [1.29, 1.82) is 0 Å². The van der Waals surface area contributed by atoms with Crippen molar-refractivity contribution in [1.82, 2.24) is 5.32 Å². The lowest BCUT2D eigenvalue weighted by molar-refractivity contribution is 0.128. The standard InChI is InChI=1S/C12H25NO3S/c1-2-6-13-11(5-7-14)9-17(15)10-12-4-3-8-16-12/h11-14H,2-10H2,1H3. The maximum Gasteiger partial charge on any atom is 0.0691 e. The predicted octanol–water partition coefficient (Wildman–Crippen LogP) is 0.665. The molecule has 3 unspecified atom stereocenters. The van der Waals surface area contributed by atoms with Crippen LogP contribution in [-0.2, 0) is 15.5 Å². The zero-order chi connectivity index (χ0) is 12.5. The van der Waals surface area contributed by atoms with Gasteiger partial charge in [-0.1, -0.05) is 6.92 Å². The fraction of sp³-hybridized carbons (Fsp3) is 1.00. The van der Waals surface area contributed by atoms with E-state index in [0.717, 1.165) is 32.4 Å². The lowest BCUT2D eigenvalue weighted by Gasteiger charge is -2.18. The fourth-order valence-electron chi connectivity index (χ4n) is 2.02. The molecule has 1 rings (SSSR count). The van der Waals surface area contributed by atoms with E-state index in [4.69, 9.17) is 9.84 Å². The molecule has 3 atom stereocenters. The SMILES string of the molecule is CCCNC(CCO)CS(=O)CC1CCCO1. The summed E-state index contributed by atoms with van der Waals surface area (Å²) < 4.78 is 17.4. The quantitative estimate of drug-likeness (QED) is 0.642. The smallest absolute Gasteiger partial charge is 0.0691 e. The highest BCUT2D eigenvalue weighted by Gasteiger charge is 2.20. The third-order valence-electron chi connectivity index (χ3n) is 2.94. The van der Waals surface area contributed by atoms with Gasteiger partial charge in [-0.15, -0.1) is 0 Å². The summed E-state index contributed by atoms with van der Waals surface area (Å²) in [7, 11) is -0.843. The van der Waals surface area contributed by atoms with Crippen LogP contribution in [0.2, 0.25) is 0 Å². The van der Waals surface area contributed by atoms with Gasteiger partial charge in [0.2, 0.25) is 0 Å². The summed E-state index contributed by atoms with van der Waals surface area (Å²) in [4.78, 5) is 0. The van der Waals surface area contributed by atoms with Gasteiger partial charge in [0.15, 0.2) is 0 Å². The van der Waals surface area contributed by atoms with E-state index in [1.807, 2.05) is 0 Å². The van der Waals surface area contributed by atoms with Crippen molar-refractivity contribution in [2.75, 3.05) is 31.3 Å². The Morgan fingerprint density at radius 3 is 3.00 bits per heavy atom. The van der Waals surface area contributed by atoms with Crippen LogP contribution >= 0.6 is 0 Å². The zero-order valence-electron chi connectivity index (χ0n) is 10.7. The monoisotopic (exact) mass is 263 g/mol. The lowest BCUT2D eigenvalue weighted by Crippen LogP contribution is -2.36. The molecule has 0 spiro atoms. The van der Waals surface area contributed by atoms with E-state index in [1.165, 1.54) is 0 Å². The Morgan fingerprint density at radius 1 is 1.59 bits per heavy atom. The van der Waals surface area contributed by atoms with Gasteiger partial charge in [0.1, 0.15) is 0 Å². The number of nitrogens with one attached hydrogen (secondary N) is 1. The summed E-state index contributed by atoms with van der Waals surface area (Å²) in [5.74, 6) is 1.27. The number of aliphatic hydroxyl groups excluding tert-OH is 1. The first-order valence-electron chi connectivity index (χ1n) is 6.57. The number of ether oxygens (including phenoxy) is 1. The lowest BCUT2D eigenvalue weighted by atomic mass is 10.2. The summed E-state index contributed by atoms with van der Waals surface area (Å²) >= 11 is 0. The van der Waals surface area contributed by atoms with E-state index < -0.39 is 10.8 Å². The van der Waals surface area contributed by atoms with Crippen molar-refractivity contribution in [3.05, 3.63) is 0 Å². The van der Waals surface area contributed by atoms with Gasteiger partial charge < -0.3 is 15.2 Å². The first-order chi connectivity index (χ1) is 8.26. The van der Waals surface area contributed by atoms with Crippen LogP contribution in [0.25, 0.3) is 0 Å². The molecule has 5 heteroatoms. The fourth-order valence-corrected chi connectivity index (χ4v) is 3.57. The summed E-state index contributed by atoms with van der Waals surface area (Å²) in [6.45, 7) is 3.99. The van der Waals surface area contributed by atoms with Crippen LogP contribution in [0.4, 0.5) is 0 Å². The molecule has 0 amide bonds. The molecular formula is C12H25NO3S. The molecule has 0 aromatic rings. The van der Waals surface area contributed by atoms with E-state index in [2.05, 4.69) is 12.2 Å². The second kappa shape index (κ2) is 9.03. The molecule has 1 aliphatic rings. The molecule has 0 aromatic heterocycles. The minimum atomic E-state index is -0.843. The number of aliphatic hydroxyl groups is 1. The minimum absolute atomic E-state index is 0.151. The van der Waals surface area contributed by atoms with Crippen molar-refractivity contribution in [3.8, 4) is 0 Å². The van der Waals surface area contributed by atoms with Gasteiger partial charge in [0, 0.05) is 41.6 Å². The van der Waals surface area contributed by atoms with Crippen LogP contribution in [0.5, 0.6) is 0 Å². The molecule has 0 aliphatic carbocycles. The molecule has 0 saturated carbocycles. The second-order valence-electron chi connectivity index (χ2n) is 4.57. The minimum Gasteiger partial charge on any atom is -0.396 e. The normalized spacial score (nSPS) is 23.8. The summed E-state index contributed by atoms with van der Waals surface area (Å²) in [6, 6.07) is 0.169. The molecular weight excluding hydrogens is 238 g/mol. The molecule has 0 aromatic carbocycles. The van der Waals surface area contributed by atoms with Crippen LogP contribution in [0, 0.1) is 0 Å².